The topological polar surface area (TPSA) is 24.9 Å². The van der Waals surface area contributed by atoms with Crippen molar-refractivity contribution in [3.05, 3.63) is 23.4 Å². The largest absolute Gasteiger partial charge is 0.366 e. The predicted octanol–water partition coefficient (Wildman–Crippen LogP) is 2.95. The highest BCUT2D eigenvalue weighted by Gasteiger charge is 2.28. The lowest BCUT2D eigenvalue weighted by Crippen LogP contribution is -2.18. The molecule has 0 aliphatic heterocycles. The Kier molecular flexibility index (Phi) is 2.40. The summed E-state index contributed by atoms with van der Waals surface area (Å²) in [5.41, 5.74) is 0. The molecule has 0 radical (unpaired) electrons. The Bertz CT molecular complexity index is 297. The highest BCUT2D eigenvalue weighted by atomic mass is 35.5. The summed E-state index contributed by atoms with van der Waals surface area (Å²) in [5, 5.41) is 4.03. The van der Waals surface area contributed by atoms with E-state index < -0.39 is 0 Å². The lowest BCUT2D eigenvalue weighted by atomic mass is 10.2. The van der Waals surface area contributed by atoms with E-state index in [1.807, 2.05) is 12.1 Å². The lowest BCUT2D eigenvalue weighted by molar-refractivity contribution is 0.691. The van der Waals surface area contributed by atoms with Crippen molar-refractivity contribution in [1.82, 2.24) is 4.98 Å². The summed E-state index contributed by atoms with van der Waals surface area (Å²) in [6.45, 7) is 2.18. The number of nitrogens with zero attached hydrogens (tertiary/aromatic N) is 1. The molecule has 2 nitrogen and oxygen atoms in total. The molecule has 2 rings (SSSR count). The van der Waals surface area contributed by atoms with E-state index in [9.17, 15) is 0 Å². The Hall–Kier alpha value is -0.760. The molecule has 13 heavy (non-hydrogen) atoms. The van der Waals surface area contributed by atoms with Crippen LogP contribution in [0.5, 0.6) is 0 Å². The van der Waals surface area contributed by atoms with Gasteiger partial charge >= 0.3 is 0 Å². The average molecular weight is 197 g/mol. The quantitative estimate of drug-likeness (QED) is 0.804. The van der Waals surface area contributed by atoms with Crippen molar-refractivity contribution in [3.63, 3.8) is 0 Å². The lowest BCUT2D eigenvalue weighted by Gasteiger charge is -2.13. The molecule has 1 aromatic rings. The summed E-state index contributed by atoms with van der Waals surface area (Å²) < 4.78 is 0. The maximum atomic E-state index is 5.97. The summed E-state index contributed by atoms with van der Waals surface area (Å²) in [6.07, 6.45) is 4.42. The van der Waals surface area contributed by atoms with E-state index in [-0.39, 0.29) is 0 Å². The van der Waals surface area contributed by atoms with Crippen molar-refractivity contribution >= 4 is 17.4 Å². The van der Waals surface area contributed by atoms with Crippen molar-refractivity contribution in [2.24, 2.45) is 5.92 Å². The molecule has 1 fully saturated rings. The highest BCUT2D eigenvalue weighted by molar-refractivity contribution is 6.32. The first-order valence-electron chi connectivity index (χ1n) is 4.64. The van der Waals surface area contributed by atoms with Crippen LogP contribution in [-0.4, -0.2) is 11.0 Å². The molecule has 70 valence electrons. The first kappa shape index (κ1) is 8.82. The van der Waals surface area contributed by atoms with Gasteiger partial charge in [-0.25, -0.2) is 4.98 Å². The number of pyridine rings is 1. The van der Waals surface area contributed by atoms with Gasteiger partial charge in [-0.1, -0.05) is 11.6 Å². The number of aromatic nitrogens is 1. The van der Waals surface area contributed by atoms with Gasteiger partial charge in [-0.3, -0.25) is 0 Å². The fourth-order valence-electron chi connectivity index (χ4n) is 1.42. The number of hydrogen-bond acceptors (Lipinski definition) is 2. The Morgan fingerprint density at radius 3 is 3.00 bits per heavy atom. The summed E-state index contributed by atoms with van der Waals surface area (Å²) in [7, 11) is 0. The normalized spacial score (nSPS) is 18.3. The van der Waals surface area contributed by atoms with E-state index in [4.69, 9.17) is 11.6 Å². The van der Waals surface area contributed by atoms with E-state index in [1.54, 1.807) is 6.20 Å². The molecule has 0 aromatic carbocycles. The second kappa shape index (κ2) is 3.54. The SMILES string of the molecule is CC(Nc1ncccc1Cl)C1CC1. The van der Waals surface area contributed by atoms with Crippen LogP contribution < -0.4 is 5.32 Å². The fourth-order valence-corrected chi connectivity index (χ4v) is 1.60. The third-order valence-corrected chi connectivity index (χ3v) is 2.76. The molecule has 1 atom stereocenters. The number of rotatable bonds is 3. The van der Waals surface area contributed by atoms with Crippen LogP contribution >= 0.6 is 11.6 Å². The second-order valence-electron chi connectivity index (χ2n) is 3.60. The Balaban J connectivity index is 2.03. The van der Waals surface area contributed by atoms with Crippen molar-refractivity contribution < 1.29 is 0 Å². The van der Waals surface area contributed by atoms with Gasteiger partial charge in [-0.15, -0.1) is 0 Å². The van der Waals surface area contributed by atoms with Gasteiger partial charge < -0.3 is 5.32 Å². The molecule has 1 aliphatic carbocycles. The molecule has 0 bridgehead atoms. The zero-order valence-electron chi connectivity index (χ0n) is 7.63. The van der Waals surface area contributed by atoms with Gasteiger partial charge in [-0.2, -0.15) is 0 Å². The molecule has 1 heterocycles. The summed E-state index contributed by atoms with van der Waals surface area (Å²) in [4.78, 5) is 4.19. The molecule has 1 N–H and O–H groups in total. The number of halogens is 1. The van der Waals surface area contributed by atoms with Gasteiger partial charge in [-0.05, 0) is 37.8 Å². The van der Waals surface area contributed by atoms with Gasteiger partial charge in [0.2, 0.25) is 0 Å². The summed E-state index contributed by atoms with van der Waals surface area (Å²) in [6, 6.07) is 4.19. The Morgan fingerprint density at radius 2 is 2.38 bits per heavy atom. The maximum absolute atomic E-state index is 5.97. The van der Waals surface area contributed by atoms with Crippen LogP contribution in [0.1, 0.15) is 19.8 Å². The van der Waals surface area contributed by atoms with Crippen LogP contribution in [0.25, 0.3) is 0 Å². The number of nitrogens with one attached hydrogen (secondary N) is 1. The molecular formula is C10H13ClN2. The van der Waals surface area contributed by atoms with Crippen LogP contribution in [-0.2, 0) is 0 Å². The second-order valence-corrected chi connectivity index (χ2v) is 4.01. The van der Waals surface area contributed by atoms with Crippen LogP contribution in [0.4, 0.5) is 5.82 Å². The minimum absolute atomic E-state index is 0.493. The van der Waals surface area contributed by atoms with E-state index in [2.05, 4.69) is 17.2 Å². The van der Waals surface area contributed by atoms with E-state index in [0.717, 1.165) is 11.7 Å². The monoisotopic (exact) mass is 196 g/mol. The van der Waals surface area contributed by atoms with Crippen LogP contribution in [0, 0.1) is 5.92 Å². The number of anilines is 1. The van der Waals surface area contributed by atoms with E-state index >= 15 is 0 Å². The van der Waals surface area contributed by atoms with Crippen LogP contribution in [0.15, 0.2) is 18.3 Å². The van der Waals surface area contributed by atoms with E-state index in [0.29, 0.717) is 11.1 Å². The molecule has 0 spiro atoms. The first-order valence-corrected chi connectivity index (χ1v) is 5.02. The molecular weight excluding hydrogens is 184 g/mol. The van der Waals surface area contributed by atoms with Crippen molar-refractivity contribution in [2.45, 2.75) is 25.8 Å². The van der Waals surface area contributed by atoms with Crippen LogP contribution in [0.3, 0.4) is 0 Å². The first-order chi connectivity index (χ1) is 6.27. The molecule has 1 aromatic heterocycles. The maximum Gasteiger partial charge on any atom is 0.144 e. The van der Waals surface area contributed by atoms with Gasteiger partial charge in [0.15, 0.2) is 0 Å². The minimum Gasteiger partial charge on any atom is -0.366 e. The Morgan fingerprint density at radius 1 is 1.62 bits per heavy atom. The standard InChI is InChI=1S/C10H13ClN2/c1-7(8-4-5-8)13-10-9(11)3-2-6-12-10/h2-3,6-8H,4-5H2,1H3,(H,12,13). The molecule has 0 saturated heterocycles. The van der Waals surface area contributed by atoms with Gasteiger partial charge in [0, 0.05) is 12.2 Å². The Labute approximate surface area is 83.3 Å². The summed E-state index contributed by atoms with van der Waals surface area (Å²) >= 11 is 5.97. The smallest absolute Gasteiger partial charge is 0.144 e. The molecule has 1 aliphatic rings. The van der Waals surface area contributed by atoms with Gasteiger partial charge in [0.05, 0.1) is 5.02 Å². The molecule has 3 heteroatoms. The van der Waals surface area contributed by atoms with Gasteiger partial charge in [0.1, 0.15) is 5.82 Å². The molecule has 1 unspecified atom stereocenters. The van der Waals surface area contributed by atoms with Crippen molar-refractivity contribution in [1.29, 1.82) is 0 Å². The zero-order valence-corrected chi connectivity index (χ0v) is 8.38. The third kappa shape index (κ3) is 2.13. The zero-order chi connectivity index (χ0) is 9.26. The number of hydrogen-bond donors (Lipinski definition) is 1. The minimum atomic E-state index is 0.493. The van der Waals surface area contributed by atoms with Crippen molar-refractivity contribution in [3.8, 4) is 0 Å². The van der Waals surface area contributed by atoms with Gasteiger partial charge in [0.25, 0.3) is 0 Å². The summed E-state index contributed by atoms with van der Waals surface area (Å²) in [5.74, 6) is 1.63. The van der Waals surface area contributed by atoms with E-state index in [1.165, 1.54) is 12.8 Å². The fraction of sp³-hybridized carbons (Fsp3) is 0.500. The molecule has 0 amide bonds. The predicted molar refractivity (Wildman–Crippen MR) is 55.1 cm³/mol. The van der Waals surface area contributed by atoms with Crippen molar-refractivity contribution in [2.75, 3.05) is 5.32 Å². The average Bonchev–Trinajstić information content (AvgIpc) is 2.91. The highest BCUT2D eigenvalue weighted by Crippen LogP contribution is 2.34. The van der Waals surface area contributed by atoms with Crippen LogP contribution in [0.2, 0.25) is 5.02 Å². The third-order valence-electron chi connectivity index (χ3n) is 2.45. The molecule has 1 saturated carbocycles.